The summed E-state index contributed by atoms with van der Waals surface area (Å²) in [5, 5.41) is 18.7. The Labute approximate surface area is 99.1 Å². The Morgan fingerprint density at radius 2 is 2.24 bits per heavy atom. The van der Waals surface area contributed by atoms with Crippen LogP contribution in [0.25, 0.3) is 0 Å². The van der Waals surface area contributed by atoms with Crippen molar-refractivity contribution in [1.29, 1.82) is 0 Å². The number of nitrogens with two attached hydrogens (primary N) is 1. The fourth-order valence-corrected chi connectivity index (χ4v) is 1.93. The first kappa shape index (κ1) is 11.4. The first-order chi connectivity index (χ1) is 8.06. The van der Waals surface area contributed by atoms with Gasteiger partial charge in [-0.2, -0.15) is 0 Å². The van der Waals surface area contributed by atoms with E-state index in [1.54, 1.807) is 0 Å². The Hall–Kier alpha value is -2.09. The van der Waals surface area contributed by atoms with Crippen molar-refractivity contribution in [2.24, 2.45) is 0 Å². The predicted octanol–water partition coefficient (Wildman–Crippen LogP) is 1.76. The second-order valence-electron chi connectivity index (χ2n) is 3.24. The van der Waals surface area contributed by atoms with Gasteiger partial charge in [0.05, 0.1) is 11.0 Å². The molecule has 17 heavy (non-hydrogen) atoms. The zero-order chi connectivity index (χ0) is 12.4. The molecule has 1 aromatic heterocycles. The van der Waals surface area contributed by atoms with Crippen molar-refractivity contribution in [1.82, 2.24) is 10.2 Å². The summed E-state index contributed by atoms with van der Waals surface area (Å²) in [4.78, 5) is 9.79. The Bertz CT molecular complexity index is 572. The minimum atomic E-state index is -0.643. The molecule has 1 heterocycles. The van der Waals surface area contributed by atoms with Gasteiger partial charge in [0.15, 0.2) is 0 Å². The fourth-order valence-electron chi connectivity index (χ4n) is 1.29. The van der Waals surface area contributed by atoms with E-state index in [9.17, 15) is 14.5 Å². The average molecular weight is 254 g/mol. The van der Waals surface area contributed by atoms with Crippen LogP contribution in [0.15, 0.2) is 18.2 Å². The molecule has 0 saturated heterocycles. The lowest BCUT2D eigenvalue weighted by atomic mass is 10.1. The molecule has 88 valence electrons. The van der Waals surface area contributed by atoms with Gasteiger partial charge in [0, 0.05) is 12.5 Å². The molecule has 6 nitrogen and oxygen atoms in total. The van der Waals surface area contributed by atoms with E-state index in [0.29, 0.717) is 15.7 Å². The summed E-state index contributed by atoms with van der Waals surface area (Å²) in [6, 6.07) is 3.51. The largest absolute Gasteiger partial charge is 0.374 e. The van der Waals surface area contributed by atoms with Crippen LogP contribution < -0.4 is 5.73 Å². The third-order valence-electron chi connectivity index (χ3n) is 2.07. The summed E-state index contributed by atoms with van der Waals surface area (Å²) in [5.41, 5.74) is 5.45. The van der Waals surface area contributed by atoms with Crippen LogP contribution in [0.4, 0.5) is 15.2 Å². The van der Waals surface area contributed by atoms with E-state index in [4.69, 9.17) is 5.73 Å². The van der Waals surface area contributed by atoms with Gasteiger partial charge in [-0.15, -0.1) is 10.2 Å². The van der Waals surface area contributed by atoms with Crippen LogP contribution in [0.5, 0.6) is 0 Å². The van der Waals surface area contributed by atoms with Crippen molar-refractivity contribution in [3.63, 3.8) is 0 Å². The second-order valence-corrected chi connectivity index (χ2v) is 4.34. The molecule has 1 aromatic carbocycles. The smallest absolute Gasteiger partial charge is 0.272 e. The lowest BCUT2D eigenvalue weighted by Gasteiger charge is -1.99. The van der Waals surface area contributed by atoms with Crippen LogP contribution in [0.3, 0.4) is 0 Å². The number of non-ortho nitro benzene ring substituents is 1. The maximum atomic E-state index is 13.5. The first-order valence-corrected chi connectivity index (χ1v) is 5.38. The molecule has 0 radical (unpaired) electrons. The molecule has 2 N–H and O–H groups in total. The highest BCUT2D eigenvalue weighted by Crippen LogP contribution is 2.21. The van der Waals surface area contributed by atoms with E-state index in [2.05, 4.69) is 10.2 Å². The zero-order valence-electron chi connectivity index (χ0n) is 8.46. The predicted molar refractivity (Wildman–Crippen MR) is 60.2 cm³/mol. The third kappa shape index (κ3) is 2.53. The maximum Gasteiger partial charge on any atom is 0.272 e. The number of nitro groups is 1. The average Bonchev–Trinajstić information content (AvgIpc) is 2.67. The van der Waals surface area contributed by atoms with E-state index < -0.39 is 10.7 Å². The van der Waals surface area contributed by atoms with E-state index >= 15 is 0 Å². The summed E-state index contributed by atoms with van der Waals surface area (Å²) in [6.45, 7) is 0. The highest BCUT2D eigenvalue weighted by Gasteiger charge is 2.12. The van der Waals surface area contributed by atoms with Crippen LogP contribution in [-0.2, 0) is 6.42 Å². The topological polar surface area (TPSA) is 94.9 Å². The Balaban J connectivity index is 2.25. The molecule has 0 spiro atoms. The number of nitrogens with zero attached hydrogens (tertiary/aromatic N) is 3. The minimum Gasteiger partial charge on any atom is -0.374 e. The molecule has 0 saturated carbocycles. The highest BCUT2D eigenvalue weighted by atomic mass is 32.1. The first-order valence-electron chi connectivity index (χ1n) is 4.57. The molecular formula is C9H7FN4O2S. The van der Waals surface area contributed by atoms with Gasteiger partial charge in [0.1, 0.15) is 10.8 Å². The van der Waals surface area contributed by atoms with Crippen molar-refractivity contribution >= 4 is 22.2 Å². The quantitative estimate of drug-likeness (QED) is 0.665. The highest BCUT2D eigenvalue weighted by molar-refractivity contribution is 7.15. The number of nitrogen functional groups attached to an aromatic ring is 1. The van der Waals surface area contributed by atoms with Crippen LogP contribution in [-0.4, -0.2) is 15.1 Å². The van der Waals surface area contributed by atoms with Gasteiger partial charge in [0.25, 0.3) is 5.69 Å². The van der Waals surface area contributed by atoms with Crippen LogP contribution >= 0.6 is 11.3 Å². The van der Waals surface area contributed by atoms with Crippen LogP contribution in [0.1, 0.15) is 10.6 Å². The van der Waals surface area contributed by atoms with Crippen molar-refractivity contribution in [3.8, 4) is 0 Å². The monoisotopic (exact) mass is 254 g/mol. The number of hydrogen-bond donors (Lipinski definition) is 1. The Morgan fingerprint density at radius 1 is 1.47 bits per heavy atom. The summed E-state index contributed by atoms with van der Waals surface area (Å²) >= 11 is 1.16. The molecule has 0 bridgehead atoms. The molecule has 0 aliphatic rings. The van der Waals surface area contributed by atoms with Gasteiger partial charge in [-0.05, 0) is 11.6 Å². The molecule has 0 amide bonds. The normalized spacial score (nSPS) is 10.4. The maximum absolute atomic E-state index is 13.5. The van der Waals surface area contributed by atoms with Gasteiger partial charge in [-0.25, -0.2) is 4.39 Å². The molecule has 0 unspecified atom stereocenters. The SMILES string of the molecule is Nc1nnc(Cc2ccc([N+](=O)[O-])cc2F)s1. The standard InChI is InChI=1S/C9H7FN4O2S/c10-7-4-6(14(15)16)2-1-5(7)3-8-12-13-9(11)17-8/h1-2,4H,3H2,(H2,11,13). The number of benzene rings is 1. The summed E-state index contributed by atoms with van der Waals surface area (Å²) in [6.07, 6.45) is 0.221. The van der Waals surface area contributed by atoms with E-state index in [0.717, 1.165) is 17.4 Å². The Morgan fingerprint density at radius 3 is 2.76 bits per heavy atom. The van der Waals surface area contributed by atoms with Crippen molar-refractivity contribution < 1.29 is 9.31 Å². The van der Waals surface area contributed by atoms with Crippen molar-refractivity contribution in [2.75, 3.05) is 5.73 Å². The van der Waals surface area contributed by atoms with Crippen LogP contribution in [0.2, 0.25) is 0 Å². The lowest BCUT2D eigenvalue weighted by molar-refractivity contribution is -0.385. The van der Waals surface area contributed by atoms with Gasteiger partial charge in [-0.3, -0.25) is 10.1 Å². The van der Waals surface area contributed by atoms with Gasteiger partial charge in [-0.1, -0.05) is 11.3 Å². The molecule has 2 rings (SSSR count). The number of rotatable bonds is 3. The van der Waals surface area contributed by atoms with Crippen LogP contribution in [0, 0.1) is 15.9 Å². The van der Waals surface area contributed by atoms with E-state index in [1.807, 2.05) is 0 Å². The van der Waals surface area contributed by atoms with E-state index in [1.165, 1.54) is 12.1 Å². The molecule has 8 heteroatoms. The zero-order valence-corrected chi connectivity index (χ0v) is 9.28. The minimum absolute atomic E-state index is 0.221. The molecule has 0 atom stereocenters. The molecule has 0 aliphatic heterocycles. The van der Waals surface area contributed by atoms with Gasteiger partial charge >= 0.3 is 0 Å². The summed E-state index contributed by atoms with van der Waals surface area (Å²) in [7, 11) is 0. The van der Waals surface area contributed by atoms with Gasteiger partial charge in [0.2, 0.25) is 5.13 Å². The third-order valence-corrected chi connectivity index (χ3v) is 2.82. The lowest BCUT2D eigenvalue weighted by Crippen LogP contribution is -1.95. The summed E-state index contributed by atoms with van der Waals surface area (Å²) in [5.74, 6) is -0.632. The molecule has 0 aliphatic carbocycles. The second kappa shape index (κ2) is 4.42. The number of halogens is 1. The molecular weight excluding hydrogens is 247 g/mol. The summed E-state index contributed by atoms with van der Waals surface area (Å²) < 4.78 is 13.5. The number of anilines is 1. The fraction of sp³-hybridized carbons (Fsp3) is 0.111. The molecule has 2 aromatic rings. The number of nitro benzene ring substituents is 1. The molecule has 0 fully saturated rings. The van der Waals surface area contributed by atoms with Crippen molar-refractivity contribution in [3.05, 3.63) is 44.7 Å². The van der Waals surface area contributed by atoms with E-state index in [-0.39, 0.29) is 12.1 Å². The number of aromatic nitrogens is 2. The van der Waals surface area contributed by atoms with Crippen molar-refractivity contribution in [2.45, 2.75) is 6.42 Å². The number of hydrogen-bond acceptors (Lipinski definition) is 6. The van der Waals surface area contributed by atoms with Gasteiger partial charge < -0.3 is 5.73 Å². The Kier molecular flexibility index (Phi) is 2.96.